The third-order valence-electron chi connectivity index (χ3n) is 3.24. The summed E-state index contributed by atoms with van der Waals surface area (Å²) in [5.41, 5.74) is 2.60. The van der Waals surface area contributed by atoms with Crippen molar-refractivity contribution >= 4 is 31.9 Å². The maximum absolute atomic E-state index is 3.62. The minimum atomic E-state index is 0.326. The second-order valence-electron chi connectivity index (χ2n) is 4.71. The first kappa shape index (κ1) is 14.8. The summed E-state index contributed by atoms with van der Waals surface area (Å²) in [6.07, 6.45) is 0. The molecule has 2 aromatic carbocycles. The number of halogens is 2. The molecule has 2 aromatic rings. The first-order valence-corrected chi connectivity index (χ1v) is 7.92. The molecule has 0 amide bonds. The molecule has 0 aliphatic heterocycles. The minimum Gasteiger partial charge on any atom is -0.304 e. The van der Waals surface area contributed by atoms with Gasteiger partial charge in [0.25, 0.3) is 0 Å². The van der Waals surface area contributed by atoms with Gasteiger partial charge in [0, 0.05) is 21.0 Å². The van der Waals surface area contributed by atoms with Gasteiger partial charge in [-0.1, -0.05) is 56.1 Å². The van der Waals surface area contributed by atoms with Gasteiger partial charge < -0.3 is 5.32 Å². The first-order valence-electron chi connectivity index (χ1n) is 6.33. The largest absolute Gasteiger partial charge is 0.304 e. The van der Waals surface area contributed by atoms with E-state index in [4.69, 9.17) is 0 Å². The predicted molar refractivity (Wildman–Crippen MR) is 88.2 cm³/mol. The lowest BCUT2D eigenvalue weighted by Crippen LogP contribution is -2.22. The molecule has 2 rings (SSSR count). The fourth-order valence-electron chi connectivity index (χ4n) is 2.07. The third-order valence-corrected chi connectivity index (χ3v) is 4.30. The van der Waals surface area contributed by atoms with Crippen molar-refractivity contribution < 1.29 is 0 Å². The Labute approximate surface area is 131 Å². The summed E-state index contributed by atoms with van der Waals surface area (Å²) in [6, 6.07) is 17.6. The molecule has 0 saturated carbocycles. The van der Waals surface area contributed by atoms with E-state index in [0.717, 1.165) is 8.95 Å². The van der Waals surface area contributed by atoms with Gasteiger partial charge in [0.2, 0.25) is 0 Å². The maximum atomic E-state index is 3.62. The number of rotatable bonds is 4. The summed E-state index contributed by atoms with van der Waals surface area (Å²) in [5, 5.41) is 3.62. The summed E-state index contributed by atoms with van der Waals surface area (Å²) >= 11 is 6.93. The van der Waals surface area contributed by atoms with Crippen LogP contribution in [0.3, 0.4) is 0 Å². The lowest BCUT2D eigenvalue weighted by Gasteiger charge is -2.21. The van der Waals surface area contributed by atoms with Gasteiger partial charge in [-0.15, -0.1) is 0 Å². The molecule has 0 aliphatic rings. The first-order chi connectivity index (χ1) is 9.06. The molecule has 0 aliphatic carbocycles. The van der Waals surface area contributed by atoms with Crippen LogP contribution in [0.5, 0.6) is 0 Å². The minimum absolute atomic E-state index is 0.326. The van der Waals surface area contributed by atoms with E-state index in [0.29, 0.717) is 12.1 Å². The van der Waals surface area contributed by atoms with E-state index in [2.05, 4.69) is 99.6 Å². The van der Waals surface area contributed by atoms with Gasteiger partial charge >= 0.3 is 0 Å². The van der Waals surface area contributed by atoms with Crippen LogP contribution in [0, 0.1) is 0 Å². The quantitative estimate of drug-likeness (QED) is 0.723. The van der Waals surface area contributed by atoms with Crippen LogP contribution in [0.4, 0.5) is 0 Å². The number of nitrogens with one attached hydrogen (secondary N) is 1. The zero-order valence-electron chi connectivity index (χ0n) is 11.0. The molecule has 1 nitrogen and oxygen atoms in total. The van der Waals surface area contributed by atoms with Gasteiger partial charge in [-0.25, -0.2) is 0 Å². The van der Waals surface area contributed by atoms with Crippen LogP contribution in [-0.4, -0.2) is 0 Å². The lowest BCUT2D eigenvalue weighted by molar-refractivity contribution is 0.494. The normalized spacial score (nSPS) is 14.1. The van der Waals surface area contributed by atoms with Gasteiger partial charge in [-0.05, 0) is 49.2 Å². The van der Waals surface area contributed by atoms with Crippen molar-refractivity contribution in [2.24, 2.45) is 0 Å². The van der Waals surface area contributed by atoms with Crippen molar-refractivity contribution in [1.29, 1.82) is 0 Å². The molecule has 2 atom stereocenters. The third kappa shape index (κ3) is 4.16. The Kier molecular flexibility index (Phi) is 5.20. The van der Waals surface area contributed by atoms with Crippen LogP contribution in [-0.2, 0) is 0 Å². The average Bonchev–Trinajstić information content (AvgIpc) is 2.40. The van der Waals surface area contributed by atoms with Crippen LogP contribution < -0.4 is 5.32 Å². The summed E-state index contributed by atoms with van der Waals surface area (Å²) < 4.78 is 2.23. The van der Waals surface area contributed by atoms with Crippen molar-refractivity contribution in [3.05, 3.63) is 68.6 Å². The second-order valence-corrected chi connectivity index (χ2v) is 6.54. The number of hydrogen-bond acceptors (Lipinski definition) is 1. The van der Waals surface area contributed by atoms with Gasteiger partial charge in [0.1, 0.15) is 0 Å². The summed E-state index contributed by atoms with van der Waals surface area (Å²) in [4.78, 5) is 0. The molecule has 0 fully saturated rings. The monoisotopic (exact) mass is 381 g/mol. The van der Waals surface area contributed by atoms with Gasteiger partial charge in [0.15, 0.2) is 0 Å². The second kappa shape index (κ2) is 6.69. The standard InChI is InChI=1S/C16H17Br2N/c1-11(13-3-7-15(17)8-4-13)19-12(2)14-5-9-16(18)10-6-14/h3-12,19H,1-2H3/t11-,12?/m1/s1. The van der Waals surface area contributed by atoms with Crippen LogP contribution in [0.1, 0.15) is 37.1 Å². The Hall–Kier alpha value is -0.640. The highest BCUT2D eigenvalue weighted by Crippen LogP contribution is 2.22. The Bertz CT molecular complexity index is 470. The van der Waals surface area contributed by atoms with Crippen LogP contribution in [0.15, 0.2) is 57.5 Å². The molecule has 0 heterocycles. The van der Waals surface area contributed by atoms with Crippen LogP contribution >= 0.6 is 31.9 Å². The van der Waals surface area contributed by atoms with Gasteiger partial charge in [-0.2, -0.15) is 0 Å². The topological polar surface area (TPSA) is 12.0 Å². The Morgan fingerprint density at radius 1 is 0.684 bits per heavy atom. The van der Waals surface area contributed by atoms with Crippen molar-refractivity contribution in [3.63, 3.8) is 0 Å². The molecule has 3 heteroatoms. The summed E-state index contributed by atoms with van der Waals surface area (Å²) in [7, 11) is 0. The van der Waals surface area contributed by atoms with Crippen LogP contribution in [0.2, 0.25) is 0 Å². The molecule has 0 saturated heterocycles. The molecule has 0 radical (unpaired) electrons. The molecule has 0 spiro atoms. The van der Waals surface area contributed by atoms with Gasteiger partial charge in [0.05, 0.1) is 0 Å². The van der Waals surface area contributed by atoms with E-state index >= 15 is 0 Å². The molecular weight excluding hydrogens is 366 g/mol. The molecule has 0 aromatic heterocycles. The molecular formula is C16H17Br2N. The van der Waals surface area contributed by atoms with E-state index in [1.165, 1.54) is 11.1 Å². The highest BCUT2D eigenvalue weighted by Gasteiger charge is 2.10. The van der Waals surface area contributed by atoms with E-state index in [-0.39, 0.29) is 0 Å². The number of hydrogen-bond donors (Lipinski definition) is 1. The van der Waals surface area contributed by atoms with Crippen molar-refractivity contribution in [3.8, 4) is 0 Å². The average molecular weight is 383 g/mol. The van der Waals surface area contributed by atoms with E-state index in [9.17, 15) is 0 Å². The fraction of sp³-hybridized carbons (Fsp3) is 0.250. The Balaban J connectivity index is 2.03. The van der Waals surface area contributed by atoms with E-state index in [1.54, 1.807) is 0 Å². The molecule has 19 heavy (non-hydrogen) atoms. The zero-order valence-corrected chi connectivity index (χ0v) is 14.2. The van der Waals surface area contributed by atoms with Crippen molar-refractivity contribution in [2.75, 3.05) is 0 Å². The van der Waals surface area contributed by atoms with Gasteiger partial charge in [-0.3, -0.25) is 0 Å². The predicted octanol–water partition coefficient (Wildman–Crippen LogP) is 5.62. The summed E-state index contributed by atoms with van der Waals surface area (Å²) in [6.45, 7) is 4.39. The zero-order chi connectivity index (χ0) is 13.8. The highest BCUT2D eigenvalue weighted by molar-refractivity contribution is 9.10. The maximum Gasteiger partial charge on any atom is 0.0297 e. The lowest BCUT2D eigenvalue weighted by atomic mass is 10.0. The van der Waals surface area contributed by atoms with E-state index in [1.807, 2.05) is 0 Å². The SMILES string of the molecule is CC(N[C@H](C)c1ccc(Br)cc1)c1ccc(Br)cc1. The smallest absolute Gasteiger partial charge is 0.0297 e. The molecule has 1 unspecified atom stereocenters. The molecule has 1 N–H and O–H groups in total. The van der Waals surface area contributed by atoms with Crippen molar-refractivity contribution in [2.45, 2.75) is 25.9 Å². The number of benzene rings is 2. The Morgan fingerprint density at radius 2 is 1.00 bits per heavy atom. The molecule has 100 valence electrons. The fourth-order valence-corrected chi connectivity index (χ4v) is 2.60. The highest BCUT2D eigenvalue weighted by atomic mass is 79.9. The summed E-state index contributed by atoms with van der Waals surface area (Å²) in [5.74, 6) is 0. The molecule has 0 bridgehead atoms. The van der Waals surface area contributed by atoms with Crippen molar-refractivity contribution in [1.82, 2.24) is 5.32 Å². The van der Waals surface area contributed by atoms with Crippen LogP contribution in [0.25, 0.3) is 0 Å². The Morgan fingerprint density at radius 3 is 1.32 bits per heavy atom. The van der Waals surface area contributed by atoms with E-state index < -0.39 is 0 Å².